The molecule has 0 bridgehead atoms. The maximum Gasteiger partial charge on any atom is 0.254 e. The molecule has 3 rings (SSSR count). The predicted octanol–water partition coefficient (Wildman–Crippen LogP) is 1.37. The van der Waals surface area contributed by atoms with Crippen LogP contribution < -0.4 is 5.32 Å². The van der Waals surface area contributed by atoms with Crippen molar-refractivity contribution in [3.8, 4) is 0 Å². The molecule has 1 aliphatic carbocycles. The van der Waals surface area contributed by atoms with Gasteiger partial charge in [-0.25, -0.2) is 9.97 Å². The summed E-state index contributed by atoms with van der Waals surface area (Å²) in [6, 6.07) is 8.48. The first-order valence-electron chi connectivity index (χ1n) is 5.95. The molecule has 0 aliphatic heterocycles. The molecular weight excluding hydrogens is 226 g/mol. The van der Waals surface area contributed by atoms with Gasteiger partial charge in [0.25, 0.3) is 5.91 Å². The quantitative estimate of drug-likeness (QED) is 0.861. The molecule has 4 heteroatoms. The first-order valence-corrected chi connectivity index (χ1v) is 5.95. The van der Waals surface area contributed by atoms with Crippen LogP contribution in [0.1, 0.15) is 21.5 Å². The van der Waals surface area contributed by atoms with Gasteiger partial charge in [0.05, 0.1) is 5.56 Å². The average Bonchev–Trinajstić information content (AvgIpc) is 2.82. The van der Waals surface area contributed by atoms with Gasteiger partial charge < -0.3 is 5.32 Å². The third-order valence-electron chi connectivity index (χ3n) is 3.21. The first kappa shape index (κ1) is 10.9. The number of carbonyl (C=O) groups is 1. The first-order chi connectivity index (χ1) is 8.83. The number of amides is 1. The van der Waals surface area contributed by atoms with Crippen LogP contribution in [0.2, 0.25) is 0 Å². The van der Waals surface area contributed by atoms with Crippen LogP contribution in [0, 0.1) is 0 Å². The van der Waals surface area contributed by atoms with Gasteiger partial charge in [0.15, 0.2) is 0 Å². The van der Waals surface area contributed by atoms with Crippen LogP contribution in [-0.4, -0.2) is 21.9 Å². The number of carbonyl (C=O) groups excluding carboxylic acids is 1. The molecule has 4 nitrogen and oxygen atoms in total. The van der Waals surface area contributed by atoms with E-state index in [1.165, 1.54) is 29.8 Å². The molecule has 0 spiro atoms. The topological polar surface area (TPSA) is 54.9 Å². The van der Waals surface area contributed by atoms with E-state index in [4.69, 9.17) is 0 Å². The Labute approximate surface area is 105 Å². The van der Waals surface area contributed by atoms with Crippen molar-refractivity contribution in [1.82, 2.24) is 15.3 Å². The van der Waals surface area contributed by atoms with Crippen molar-refractivity contribution in [2.75, 3.05) is 0 Å². The Morgan fingerprint density at radius 1 is 1.11 bits per heavy atom. The molecule has 0 saturated carbocycles. The number of hydrogen-bond acceptors (Lipinski definition) is 3. The molecule has 2 aromatic rings. The monoisotopic (exact) mass is 239 g/mol. The minimum Gasteiger partial charge on any atom is -0.349 e. The van der Waals surface area contributed by atoms with E-state index in [0.29, 0.717) is 5.56 Å². The fraction of sp³-hybridized carbons (Fsp3) is 0.214. The second-order valence-corrected chi connectivity index (χ2v) is 4.47. The zero-order chi connectivity index (χ0) is 12.4. The summed E-state index contributed by atoms with van der Waals surface area (Å²) in [4.78, 5) is 19.7. The Morgan fingerprint density at radius 2 is 1.72 bits per heavy atom. The highest BCUT2D eigenvalue weighted by Crippen LogP contribution is 2.21. The summed E-state index contributed by atoms with van der Waals surface area (Å²) in [7, 11) is 0. The molecule has 1 aliphatic rings. The van der Waals surface area contributed by atoms with Gasteiger partial charge in [-0.05, 0) is 24.0 Å². The van der Waals surface area contributed by atoms with Crippen LogP contribution in [0.15, 0.2) is 43.0 Å². The van der Waals surface area contributed by atoms with Gasteiger partial charge in [-0.15, -0.1) is 0 Å². The zero-order valence-corrected chi connectivity index (χ0v) is 9.84. The van der Waals surface area contributed by atoms with Crippen molar-refractivity contribution < 1.29 is 4.79 Å². The molecule has 0 radical (unpaired) electrons. The number of nitrogens with zero attached hydrogens (tertiary/aromatic N) is 2. The maximum absolute atomic E-state index is 12.0. The van der Waals surface area contributed by atoms with Crippen molar-refractivity contribution in [3.05, 3.63) is 59.7 Å². The van der Waals surface area contributed by atoms with Crippen LogP contribution in [-0.2, 0) is 12.8 Å². The third-order valence-corrected chi connectivity index (χ3v) is 3.21. The van der Waals surface area contributed by atoms with E-state index < -0.39 is 0 Å². The molecule has 0 unspecified atom stereocenters. The van der Waals surface area contributed by atoms with Crippen molar-refractivity contribution in [2.45, 2.75) is 18.9 Å². The molecule has 1 aromatic carbocycles. The SMILES string of the molecule is O=C(NC1Cc2ccccc2C1)c1cncnc1. The Morgan fingerprint density at radius 3 is 2.33 bits per heavy atom. The van der Waals surface area contributed by atoms with Crippen LogP contribution in [0.3, 0.4) is 0 Å². The van der Waals surface area contributed by atoms with Gasteiger partial charge in [-0.1, -0.05) is 24.3 Å². The Hall–Kier alpha value is -2.23. The number of aromatic nitrogens is 2. The van der Waals surface area contributed by atoms with Gasteiger partial charge in [0.2, 0.25) is 0 Å². The average molecular weight is 239 g/mol. The lowest BCUT2D eigenvalue weighted by atomic mass is 10.1. The van der Waals surface area contributed by atoms with E-state index in [0.717, 1.165) is 12.8 Å². The van der Waals surface area contributed by atoms with Gasteiger partial charge in [-0.3, -0.25) is 4.79 Å². The van der Waals surface area contributed by atoms with E-state index in [1.54, 1.807) is 0 Å². The summed E-state index contributed by atoms with van der Waals surface area (Å²) >= 11 is 0. The van der Waals surface area contributed by atoms with Gasteiger partial charge in [0, 0.05) is 18.4 Å². The van der Waals surface area contributed by atoms with E-state index in [1.807, 2.05) is 12.1 Å². The van der Waals surface area contributed by atoms with Crippen LogP contribution in [0.4, 0.5) is 0 Å². The molecule has 0 fully saturated rings. The standard InChI is InChI=1S/C14H13N3O/c18-14(12-7-15-9-16-8-12)17-13-5-10-3-1-2-4-11(10)6-13/h1-4,7-9,13H,5-6H2,(H,17,18). The second kappa shape index (κ2) is 4.56. The summed E-state index contributed by atoms with van der Waals surface area (Å²) in [5.41, 5.74) is 3.16. The van der Waals surface area contributed by atoms with Crippen LogP contribution in [0.5, 0.6) is 0 Å². The molecular formula is C14H13N3O. The highest BCUT2D eigenvalue weighted by atomic mass is 16.1. The predicted molar refractivity (Wildman–Crippen MR) is 67.1 cm³/mol. The Balaban J connectivity index is 1.68. The zero-order valence-electron chi connectivity index (χ0n) is 9.84. The third kappa shape index (κ3) is 2.09. The molecule has 90 valence electrons. The van der Waals surface area contributed by atoms with E-state index >= 15 is 0 Å². The van der Waals surface area contributed by atoms with Crippen LogP contribution >= 0.6 is 0 Å². The lowest BCUT2D eigenvalue weighted by Gasteiger charge is -2.11. The largest absolute Gasteiger partial charge is 0.349 e. The highest BCUT2D eigenvalue weighted by molar-refractivity contribution is 5.93. The van der Waals surface area contributed by atoms with E-state index in [9.17, 15) is 4.79 Å². The Bertz CT molecular complexity index is 543. The molecule has 1 aromatic heterocycles. The summed E-state index contributed by atoms with van der Waals surface area (Å²) in [5, 5.41) is 3.02. The number of rotatable bonds is 2. The molecule has 1 N–H and O–H groups in total. The minimum absolute atomic E-state index is 0.103. The van der Waals surface area contributed by atoms with Crippen molar-refractivity contribution >= 4 is 5.91 Å². The number of nitrogens with one attached hydrogen (secondary N) is 1. The van der Waals surface area contributed by atoms with Crippen molar-refractivity contribution in [2.24, 2.45) is 0 Å². The molecule has 1 amide bonds. The summed E-state index contributed by atoms with van der Waals surface area (Å²) < 4.78 is 0. The Kier molecular flexibility index (Phi) is 2.76. The number of hydrogen-bond donors (Lipinski definition) is 1. The molecule has 1 heterocycles. The lowest BCUT2D eigenvalue weighted by Crippen LogP contribution is -2.35. The smallest absolute Gasteiger partial charge is 0.254 e. The minimum atomic E-state index is -0.103. The maximum atomic E-state index is 12.0. The highest BCUT2D eigenvalue weighted by Gasteiger charge is 2.22. The normalized spacial score (nSPS) is 14.2. The summed E-state index contributed by atoms with van der Waals surface area (Å²) in [6.45, 7) is 0. The lowest BCUT2D eigenvalue weighted by molar-refractivity contribution is 0.0938. The fourth-order valence-corrected chi connectivity index (χ4v) is 2.35. The van der Waals surface area contributed by atoms with E-state index in [2.05, 4.69) is 27.4 Å². The fourth-order valence-electron chi connectivity index (χ4n) is 2.35. The van der Waals surface area contributed by atoms with Gasteiger partial charge in [-0.2, -0.15) is 0 Å². The van der Waals surface area contributed by atoms with Crippen molar-refractivity contribution in [3.63, 3.8) is 0 Å². The summed E-state index contributed by atoms with van der Waals surface area (Å²) in [6.07, 6.45) is 6.28. The molecule has 0 atom stereocenters. The molecule has 18 heavy (non-hydrogen) atoms. The molecule has 0 saturated heterocycles. The van der Waals surface area contributed by atoms with Gasteiger partial charge in [0.1, 0.15) is 6.33 Å². The number of benzene rings is 1. The summed E-state index contributed by atoms with van der Waals surface area (Å²) in [5.74, 6) is -0.103. The van der Waals surface area contributed by atoms with Crippen LogP contribution in [0.25, 0.3) is 0 Å². The van der Waals surface area contributed by atoms with E-state index in [-0.39, 0.29) is 11.9 Å². The van der Waals surface area contributed by atoms with Gasteiger partial charge >= 0.3 is 0 Å². The number of fused-ring (bicyclic) bond motifs is 1. The van der Waals surface area contributed by atoms with Crippen molar-refractivity contribution in [1.29, 1.82) is 0 Å². The second-order valence-electron chi connectivity index (χ2n) is 4.47.